The Kier molecular flexibility index (Phi) is 18.8. The second-order valence-electron chi connectivity index (χ2n) is 18.1. The van der Waals surface area contributed by atoms with Gasteiger partial charge in [-0.25, -0.2) is 4.79 Å². The lowest BCUT2D eigenvalue weighted by Gasteiger charge is -2.30. The largest absolute Gasteiger partial charge is 0.481 e. The van der Waals surface area contributed by atoms with Crippen molar-refractivity contribution in [1.82, 2.24) is 19.8 Å². The summed E-state index contributed by atoms with van der Waals surface area (Å²) >= 11 is 0. The normalized spacial score (nSPS) is 18.5. The Morgan fingerprint density at radius 3 is 2.13 bits per heavy atom. The third kappa shape index (κ3) is 14.0. The first-order valence-electron chi connectivity index (χ1n) is 24.0. The number of amides is 5. The van der Waals surface area contributed by atoms with Gasteiger partial charge < -0.3 is 36.1 Å². The first-order chi connectivity index (χ1) is 33.1. The molecule has 0 spiro atoms. The molecule has 0 saturated carbocycles. The number of nitrogens with zero attached hydrogens (tertiary/aromatic N) is 3. The van der Waals surface area contributed by atoms with Crippen molar-refractivity contribution in [3.8, 4) is 0 Å². The number of fused-ring (bicyclic) bond motifs is 1. The lowest BCUT2D eigenvalue weighted by molar-refractivity contribution is -0.136. The minimum Gasteiger partial charge on any atom is -0.481 e. The number of anilines is 1. The molecule has 4 aromatic rings. The van der Waals surface area contributed by atoms with E-state index in [1.54, 1.807) is 16.5 Å². The van der Waals surface area contributed by atoms with E-state index in [9.17, 15) is 28.8 Å². The number of hydrogen-bond acceptors (Lipinski definition) is 11. The molecule has 1 unspecified atom stereocenters. The van der Waals surface area contributed by atoms with Gasteiger partial charge in [0.2, 0.25) is 29.5 Å². The number of carbonyl (C=O) groups is 6. The molecule has 7 N–H and O–H groups in total. The predicted molar refractivity (Wildman–Crippen MR) is 258 cm³/mol. The van der Waals surface area contributed by atoms with Crippen LogP contribution in [0.2, 0.25) is 0 Å². The third-order valence-electron chi connectivity index (χ3n) is 12.9. The second-order valence-corrected chi connectivity index (χ2v) is 18.1. The highest BCUT2D eigenvalue weighted by molar-refractivity contribution is 6.07. The summed E-state index contributed by atoms with van der Waals surface area (Å²) in [6, 6.07) is 17.4. The number of para-hydroxylation sites is 1. The minimum atomic E-state index is -0.833. The predicted octanol–water partition coefficient (Wildman–Crippen LogP) is 3.67. The molecule has 18 heteroatoms. The summed E-state index contributed by atoms with van der Waals surface area (Å²) in [7, 11) is 1.70. The number of carboxylic acid groups (broad SMARTS) is 1. The van der Waals surface area contributed by atoms with Crippen LogP contribution in [0.25, 0.3) is 11.0 Å². The number of piperidine rings is 1. The number of imidazole rings is 1. The summed E-state index contributed by atoms with van der Waals surface area (Å²) in [4.78, 5) is 86.7. The Labute approximate surface area is 402 Å². The zero-order valence-corrected chi connectivity index (χ0v) is 39.9. The number of nitrogens with one attached hydrogen (secondary N) is 2. The molecule has 3 aliphatic rings. The van der Waals surface area contributed by atoms with E-state index in [2.05, 4.69) is 22.8 Å². The Hall–Kier alpha value is -6.21. The molecule has 0 aliphatic carbocycles. The van der Waals surface area contributed by atoms with Gasteiger partial charge in [0, 0.05) is 59.7 Å². The van der Waals surface area contributed by atoms with Gasteiger partial charge >= 0.3 is 5.69 Å². The molecule has 5 amide bonds. The molecular formula is C51H67N7O11. The first kappa shape index (κ1) is 52.2. The number of benzene rings is 3. The number of aliphatic carboxylic acids is 1. The summed E-state index contributed by atoms with van der Waals surface area (Å²) in [5, 5.41) is 12.8. The van der Waals surface area contributed by atoms with E-state index < -0.39 is 48.1 Å². The number of aryl methyl sites for hydroxylation is 4. The van der Waals surface area contributed by atoms with Crippen LogP contribution in [-0.2, 0) is 82.3 Å². The van der Waals surface area contributed by atoms with E-state index >= 15 is 0 Å². The van der Waals surface area contributed by atoms with Crippen LogP contribution < -0.4 is 32.7 Å². The van der Waals surface area contributed by atoms with Gasteiger partial charge in [0.15, 0.2) is 0 Å². The van der Waals surface area contributed by atoms with Crippen molar-refractivity contribution in [2.24, 2.45) is 18.5 Å². The van der Waals surface area contributed by atoms with Crippen LogP contribution in [0.15, 0.2) is 65.5 Å². The quantitative estimate of drug-likeness (QED) is 0.0528. The van der Waals surface area contributed by atoms with Crippen LogP contribution in [0.1, 0.15) is 105 Å². The van der Waals surface area contributed by atoms with E-state index in [4.69, 9.17) is 35.6 Å². The van der Waals surface area contributed by atoms with Crippen molar-refractivity contribution in [2.45, 2.75) is 134 Å². The topological polar surface area (TPSA) is 257 Å². The molecule has 69 heavy (non-hydrogen) atoms. The van der Waals surface area contributed by atoms with E-state index in [-0.39, 0.29) is 36.3 Å². The first-order valence-corrected chi connectivity index (χ1v) is 24.0. The molecule has 1 saturated heterocycles. The number of carboxylic acids is 1. The van der Waals surface area contributed by atoms with Gasteiger partial charge in [0.1, 0.15) is 12.1 Å². The highest BCUT2D eigenvalue weighted by atomic mass is 16.5. The van der Waals surface area contributed by atoms with Gasteiger partial charge in [0.25, 0.3) is 5.97 Å². The molecule has 1 fully saturated rings. The second kappa shape index (κ2) is 24.9. The zero-order chi connectivity index (χ0) is 49.6. The van der Waals surface area contributed by atoms with Crippen molar-refractivity contribution in [3.05, 3.63) is 99.0 Å². The van der Waals surface area contributed by atoms with E-state index in [1.165, 1.54) is 10.1 Å². The minimum absolute atomic E-state index is 0.0797. The number of rotatable bonds is 23. The maximum atomic E-state index is 13.8. The van der Waals surface area contributed by atoms with Gasteiger partial charge in [0.05, 0.1) is 41.5 Å². The Balaban J connectivity index is 0.00000188. The molecule has 3 aliphatic heterocycles. The molecule has 18 nitrogen and oxygen atoms in total. The van der Waals surface area contributed by atoms with Gasteiger partial charge in [-0.15, -0.1) is 0 Å². The lowest BCUT2D eigenvalue weighted by Crippen LogP contribution is -2.55. The molecular weight excluding hydrogens is 887 g/mol. The van der Waals surface area contributed by atoms with Crippen LogP contribution in [0.5, 0.6) is 0 Å². The van der Waals surface area contributed by atoms with Crippen LogP contribution >= 0.6 is 0 Å². The van der Waals surface area contributed by atoms with Crippen molar-refractivity contribution in [2.75, 3.05) is 31.3 Å². The summed E-state index contributed by atoms with van der Waals surface area (Å²) < 4.78 is 21.0. The van der Waals surface area contributed by atoms with Crippen molar-refractivity contribution in [3.63, 3.8) is 0 Å². The van der Waals surface area contributed by atoms with Crippen LogP contribution in [0, 0.1) is 0 Å². The smallest absolute Gasteiger partial charge is 0.329 e. The highest BCUT2D eigenvalue weighted by Gasteiger charge is 2.43. The number of carbonyl (C=O) groups excluding carboxylic acids is 5. The molecule has 0 radical (unpaired) electrons. The van der Waals surface area contributed by atoms with Crippen LogP contribution in [-0.4, -0.2) is 100 Å². The number of nitrogens with two attached hydrogens (primary N) is 2. The number of imide groups is 1. The Bertz CT molecular complexity index is 2520. The van der Waals surface area contributed by atoms with Crippen LogP contribution in [0.4, 0.5) is 5.69 Å². The average Bonchev–Trinajstić information content (AvgIpc) is 3.79. The van der Waals surface area contributed by atoms with E-state index in [1.807, 2.05) is 55.5 Å². The molecule has 372 valence electrons. The fourth-order valence-electron chi connectivity index (χ4n) is 9.17. The summed E-state index contributed by atoms with van der Waals surface area (Å²) in [5.74, 6) is -2.61. The number of aromatic nitrogens is 2. The fourth-order valence-corrected chi connectivity index (χ4v) is 9.17. The number of primary amides is 1. The molecule has 3 aromatic carbocycles. The number of ether oxygens (including phenoxy) is 3. The van der Waals surface area contributed by atoms with Crippen molar-refractivity contribution in [1.29, 1.82) is 0 Å². The van der Waals surface area contributed by atoms with Gasteiger partial charge in [-0.2, -0.15) is 0 Å². The molecule has 7 rings (SSSR count). The van der Waals surface area contributed by atoms with Gasteiger partial charge in [-0.1, -0.05) is 48.5 Å². The monoisotopic (exact) mass is 953 g/mol. The maximum Gasteiger partial charge on any atom is 0.329 e. The summed E-state index contributed by atoms with van der Waals surface area (Å²) in [5.41, 5.74) is 18.9. The Morgan fingerprint density at radius 2 is 1.46 bits per heavy atom. The number of unbranched alkanes of at least 4 members (excludes halogenated alkanes) is 1. The van der Waals surface area contributed by atoms with Crippen molar-refractivity contribution < 1.29 is 48.1 Å². The third-order valence-corrected chi connectivity index (χ3v) is 12.9. The van der Waals surface area contributed by atoms with E-state index in [0.717, 1.165) is 78.9 Å². The zero-order valence-electron chi connectivity index (χ0n) is 39.9. The molecule has 0 bridgehead atoms. The Morgan fingerprint density at radius 1 is 0.841 bits per heavy atom. The van der Waals surface area contributed by atoms with Gasteiger partial charge in [-0.05, 0) is 111 Å². The molecule has 4 heterocycles. The lowest BCUT2D eigenvalue weighted by atomic mass is 10.0. The maximum absolute atomic E-state index is 13.8. The average molecular weight is 954 g/mol. The van der Waals surface area contributed by atoms with Crippen LogP contribution in [0.3, 0.4) is 0 Å². The highest BCUT2D eigenvalue weighted by Crippen LogP contribution is 2.39. The summed E-state index contributed by atoms with van der Waals surface area (Å²) in [6.07, 6.45) is 7.29. The SMILES string of the molecule is CC(=O)O.C[C@@H](OCc1ccc(CCCOCCCCOCCCc2ccc3c(c2)n(C)c(=O)n3C2CCC(=O)NC2=O)cc1)[C@H](CCC(N)=O)NC(=O)[C@@H]1Cc2cccc3c2N1C(=O)[C@@H](N)CC3. The van der Waals surface area contributed by atoms with E-state index in [0.29, 0.717) is 70.7 Å². The van der Waals surface area contributed by atoms with Crippen molar-refractivity contribution >= 4 is 52.2 Å². The summed E-state index contributed by atoms with van der Waals surface area (Å²) in [6.45, 7) is 5.91. The standard InChI is InChI=1S/C49H63N7O9.C2H4O2/c1-31(38(19-22-43(51)57)52-47(60)42-29-36-11-5-10-35-17-18-37(50)48(61)56(42)45(35)36)65-30-34-14-12-32(13-15-34)8-6-26-63-24-3-4-25-64-27-7-9-33-16-20-39-41(28-33)54(2)49(62)55(39)40-21-23-44(58)53-46(40)59;1-2(3)4/h5,10-16,20,28,31,37-38,40,42H,3-4,6-9,17-19,21-27,29-30,50H2,1-2H3,(H2,51,57)(H,52,60)(H,53,58,59);1H3,(H,3,4)/t31-,37+,38+,40?,42+;/m1./s1. The fraction of sp³-hybridized carbons (Fsp3) is 0.510. The number of hydrogen-bond donors (Lipinski definition) is 5. The molecule has 1 aromatic heterocycles. The molecule has 5 atom stereocenters. The van der Waals surface area contributed by atoms with Gasteiger partial charge in [-0.3, -0.25) is 48.1 Å².